The number of amides is 1. The highest BCUT2D eigenvalue weighted by atomic mass is 16.3. The van der Waals surface area contributed by atoms with Crippen molar-refractivity contribution in [3.8, 4) is 0 Å². The molecule has 0 saturated carbocycles. The number of hydrogen-bond donors (Lipinski definition) is 4. The van der Waals surface area contributed by atoms with Crippen LogP contribution >= 0.6 is 0 Å². The van der Waals surface area contributed by atoms with Gasteiger partial charge in [0.25, 0.3) is 5.91 Å². The van der Waals surface area contributed by atoms with Crippen LogP contribution in [0.25, 0.3) is 0 Å². The summed E-state index contributed by atoms with van der Waals surface area (Å²) in [5, 5.41) is 19.9. The highest BCUT2D eigenvalue weighted by Crippen LogP contribution is 2.20. The molecule has 2 aromatic carbocycles. The third kappa shape index (κ3) is 6.70. The highest BCUT2D eigenvalue weighted by Gasteiger charge is 2.22. The molecule has 0 bridgehead atoms. The second kappa shape index (κ2) is 10.5. The van der Waals surface area contributed by atoms with Gasteiger partial charge < -0.3 is 21.1 Å². The zero-order chi connectivity index (χ0) is 20.4. The first-order chi connectivity index (χ1) is 13.4. The maximum Gasteiger partial charge on any atom is 0.251 e. The molecule has 28 heavy (non-hydrogen) atoms. The molecular formula is C22H30N4O2. The van der Waals surface area contributed by atoms with Crippen LogP contribution in [0.2, 0.25) is 0 Å². The monoisotopic (exact) mass is 382 g/mol. The Morgan fingerprint density at radius 1 is 1.04 bits per heavy atom. The van der Waals surface area contributed by atoms with Crippen molar-refractivity contribution in [3.63, 3.8) is 0 Å². The summed E-state index contributed by atoms with van der Waals surface area (Å²) >= 11 is 0. The first-order valence-electron chi connectivity index (χ1n) is 9.57. The van der Waals surface area contributed by atoms with E-state index in [9.17, 15) is 9.90 Å². The molecule has 150 valence electrons. The van der Waals surface area contributed by atoms with Crippen molar-refractivity contribution in [1.82, 2.24) is 16.0 Å². The van der Waals surface area contributed by atoms with Crippen molar-refractivity contribution in [3.05, 3.63) is 71.3 Å². The van der Waals surface area contributed by atoms with Gasteiger partial charge >= 0.3 is 0 Å². The molecule has 0 aliphatic rings. The van der Waals surface area contributed by atoms with E-state index in [1.54, 1.807) is 13.0 Å². The van der Waals surface area contributed by atoms with Crippen molar-refractivity contribution in [1.29, 1.82) is 0 Å². The molecule has 2 aromatic rings. The van der Waals surface area contributed by atoms with Gasteiger partial charge in [0.05, 0.1) is 6.54 Å². The number of carbonyl (C=O) groups is 1. The van der Waals surface area contributed by atoms with E-state index in [1.165, 1.54) is 0 Å². The van der Waals surface area contributed by atoms with Gasteiger partial charge in [0.1, 0.15) is 5.60 Å². The lowest BCUT2D eigenvalue weighted by atomic mass is 9.96. The van der Waals surface area contributed by atoms with Crippen LogP contribution in [-0.4, -0.2) is 43.2 Å². The Bertz CT molecular complexity index is 788. The Morgan fingerprint density at radius 3 is 2.43 bits per heavy atom. The maximum atomic E-state index is 12.2. The number of hydrogen-bond acceptors (Lipinski definition) is 3. The first kappa shape index (κ1) is 21.4. The van der Waals surface area contributed by atoms with E-state index >= 15 is 0 Å². The quantitative estimate of drug-likeness (QED) is 0.320. The smallest absolute Gasteiger partial charge is 0.251 e. The Hall–Kier alpha value is -2.86. The van der Waals surface area contributed by atoms with Crippen LogP contribution in [0.5, 0.6) is 0 Å². The summed E-state index contributed by atoms with van der Waals surface area (Å²) in [5.41, 5.74) is 1.47. The fourth-order valence-corrected chi connectivity index (χ4v) is 2.71. The molecule has 1 amide bonds. The third-order valence-corrected chi connectivity index (χ3v) is 4.27. The molecule has 0 aliphatic heterocycles. The van der Waals surface area contributed by atoms with Crippen LogP contribution < -0.4 is 16.0 Å². The standard InChI is InChI=1S/C22H30N4O2/c1-4-23-21(26-16-22(3,28)19-11-6-5-7-12-19)25-14-13-24-20(27)18-10-8-9-17(2)15-18/h5-12,15,28H,4,13-14,16H2,1-3H3,(H,24,27)(H2,23,25,26). The first-order valence-corrected chi connectivity index (χ1v) is 9.57. The number of nitrogens with one attached hydrogen (secondary N) is 3. The summed E-state index contributed by atoms with van der Waals surface area (Å²) in [7, 11) is 0. The lowest BCUT2D eigenvalue weighted by Gasteiger charge is -2.22. The van der Waals surface area contributed by atoms with E-state index in [2.05, 4.69) is 20.9 Å². The molecule has 0 spiro atoms. The van der Waals surface area contributed by atoms with Crippen LogP contribution in [0, 0.1) is 6.92 Å². The molecule has 0 radical (unpaired) electrons. The summed E-state index contributed by atoms with van der Waals surface area (Å²) in [4.78, 5) is 16.6. The van der Waals surface area contributed by atoms with E-state index in [0.717, 1.165) is 11.1 Å². The SMILES string of the molecule is CCNC(=NCC(C)(O)c1ccccc1)NCCNC(=O)c1cccc(C)c1. The van der Waals surface area contributed by atoms with Gasteiger partial charge in [-0.15, -0.1) is 0 Å². The van der Waals surface area contributed by atoms with Crippen LogP contribution in [0.15, 0.2) is 59.6 Å². The number of aliphatic imine (C=N–C) groups is 1. The van der Waals surface area contributed by atoms with Crippen molar-refractivity contribution >= 4 is 11.9 Å². The van der Waals surface area contributed by atoms with E-state index in [1.807, 2.05) is 62.4 Å². The van der Waals surface area contributed by atoms with Crippen LogP contribution in [0.3, 0.4) is 0 Å². The molecule has 6 heteroatoms. The van der Waals surface area contributed by atoms with Crippen LogP contribution in [0.4, 0.5) is 0 Å². The molecule has 0 aliphatic carbocycles. The lowest BCUT2D eigenvalue weighted by molar-refractivity contribution is 0.0672. The summed E-state index contributed by atoms with van der Waals surface area (Å²) in [5.74, 6) is 0.503. The van der Waals surface area contributed by atoms with Gasteiger partial charge in [0, 0.05) is 25.2 Å². The number of rotatable bonds is 8. The van der Waals surface area contributed by atoms with E-state index < -0.39 is 5.60 Å². The fraction of sp³-hybridized carbons (Fsp3) is 0.364. The number of nitrogens with zero attached hydrogens (tertiary/aromatic N) is 1. The molecule has 2 rings (SSSR count). The molecule has 0 heterocycles. The van der Waals surface area contributed by atoms with Gasteiger partial charge in [-0.1, -0.05) is 48.0 Å². The minimum atomic E-state index is -1.05. The fourth-order valence-electron chi connectivity index (χ4n) is 2.71. The molecule has 0 fully saturated rings. The molecule has 0 aromatic heterocycles. The Morgan fingerprint density at radius 2 is 1.75 bits per heavy atom. The molecular weight excluding hydrogens is 352 g/mol. The van der Waals surface area contributed by atoms with Crippen LogP contribution in [0.1, 0.15) is 35.3 Å². The molecule has 6 nitrogen and oxygen atoms in total. The highest BCUT2D eigenvalue weighted by molar-refractivity contribution is 5.94. The van der Waals surface area contributed by atoms with Crippen molar-refractivity contribution in [2.24, 2.45) is 4.99 Å². The lowest BCUT2D eigenvalue weighted by Crippen LogP contribution is -2.42. The molecule has 1 atom stereocenters. The summed E-state index contributed by atoms with van der Waals surface area (Å²) in [6.45, 7) is 7.60. The Labute approximate surface area is 167 Å². The van der Waals surface area contributed by atoms with Gasteiger partial charge in [0.15, 0.2) is 5.96 Å². The van der Waals surface area contributed by atoms with Gasteiger partial charge in [-0.05, 0) is 38.5 Å². The predicted molar refractivity (Wildman–Crippen MR) is 114 cm³/mol. The number of guanidine groups is 1. The van der Waals surface area contributed by atoms with Crippen molar-refractivity contribution < 1.29 is 9.90 Å². The summed E-state index contributed by atoms with van der Waals surface area (Å²) in [6, 6.07) is 17.0. The van der Waals surface area contributed by atoms with Crippen molar-refractivity contribution in [2.45, 2.75) is 26.4 Å². The van der Waals surface area contributed by atoms with Gasteiger partial charge in [-0.2, -0.15) is 0 Å². The topological polar surface area (TPSA) is 85.8 Å². The summed E-state index contributed by atoms with van der Waals surface area (Å²) < 4.78 is 0. The average Bonchev–Trinajstić information content (AvgIpc) is 2.69. The van der Waals surface area contributed by atoms with Gasteiger partial charge in [-0.25, -0.2) is 4.99 Å². The second-order valence-electron chi connectivity index (χ2n) is 6.89. The number of carbonyl (C=O) groups excluding carboxylic acids is 1. The van der Waals surface area contributed by atoms with E-state index in [-0.39, 0.29) is 12.5 Å². The minimum Gasteiger partial charge on any atom is -0.384 e. The largest absolute Gasteiger partial charge is 0.384 e. The minimum absolute atomic E-state index is 0.0977. The number of benzene rings is 2. The van der Waals surface area contributed by atoms with Gasteiger partial charge in [-0.3, -0.25) is 4.79 Å². The molecule has 0 saturated heterocycles. The normalized spacial score (nSPS) is 13.5. The predicted octanol–water partition coefficient (Wildman–Crippen LogP) is 2.19. The Kier molecular flexibility index (Phi) is 8.02. The third-order valence-electron chi connectivity index (χ3n) is 4.27. The summed E-state index contributed by atoms with van der Waals surface area (Å²) in [6.07, 6.45) is 0. The Balaban J connectivity index is 1.85. The van der Waals surface area contributed by atoms with Gasteiger partial charge in [0.2, 0.25) is 0 Å². The van der Waals surface area contributed by atoms with E-state index in [4.69, 9.17) is 0 Å². The molecule has 4 N–H and O–H groups in total. The zero-order valence-corrected chi connectivity index (χ0v) is 16.8. The number of aliphatic hydroxyl groups is 1. The van der Waals surface area contributed by atoms with Crippen LogP contribution in [-0.2, 0) is 5.60 Å². The maximum absolute atomic E-state index is 12.2. The number of aryl methyl sites for hydroxylation is 1. The molecule has 1 unspecified atom stereocenters. The second-order valence-corrected chi connectivity index (χ2v) is 6.89. The van der Waals surface area contributed by atoms with E-state index in [0.29, 0.717) is 31.2 Å². The van der Waals surface area contributed by atoms with Crippen molar-refractivity contribution in [2.75, 3.05) is 26.2 Å². The zero-order valence-electron chi connectivity index (χ0n) is 16.8. The average molecular weight is 383 g/mol.